The van der Waals surface area contributed by atoms with E-state index in [-0.39, 0.29) is 51.4 Å². The van der Waals surface area contributed by atoms with Gasteiger partial charge in [-0.2, -0.15) is 15.2 Å². The maximum atomic E-state index is 17.3. The molecular formula is C37H38ClF2N7O5S. The number of alkyl halides is 1. The fourth-order valence-electron chi connectivity index (χ4n) is 8.70. The van der Waals surface area contributed by atoms with E-state index < -0.39 is 35.3 Å². The predicted molar refractivity (Wildman–Crippen MR) is 197 cm³/mol. The number of aromatic nitrogens is 2. The Kier molecular flexibility index (Phi) is 8.78. The molecule has 4 aliphatic rings. The molecule has 2 aromatic heterocycles. The highest BCUT2D eigenvalue weighted by molar-refractivity contribution is 7.23. The second kappa shape index (κ2) is 13.1. The number of rotatable bonds is 6. The van der Waals surface area contributed by atoms with E-state index >= 15 is 4.39 Å². The third-order valence-electron chi connectivity index (χ3n) is 10.8. The summed E-state index contributed by atoms with van der Waals surface area (Å²) in [5.41, 5.74) is -0.869. The molecule has 53 heavy (non-hydrogen) atoms. The van der Waals surface area contributed by atoms with E-state index in [0.717, 1.165) is 30.7 Å². The van der Waals surface area contributed by atoms with Gasteiger partial charge in [0.25, 0.3) is 0 Å². The third kappa shape index (κ3) is 6.24. The number of nitriles is 1. The van der Waals surface area contributed by atoms with Crippen LogP contribution in [0, 0.1) is 17.1 Å². The Morgan fingerprint density at radius 2 is 1.96 bits per heavy atom. The maximum Gasteiger partial charge on any atom is 0.412 e. The van der Waals surface area contributed by atoms with Crippen LogP contribution >= 0.6 is 22.9 Å². The molecule has 4 aliphatic heterocycles. The van der Waals surface area contributed by atoms with Crippen molar-refractivity contribution in [3.63, 3.8) is 0 Å². The number of piperazine rings is 1. The predicted octanol–water partition coefficient (Wildman–Crippen LogP) is 7.81. The van der Waals surface area contributed by atoms with Crippen LogP contribution in [-0.2, 0) is 4.74 Å². The van der Waals surface area contributed by atoms with E-state index in [1.165, 1.54) is 4.90 Å². The van der Waals surface area contributed by atoms with Gasteiger partial charge in [0.15, 0.2) is 5.82 Å². The molecule has 0 saturated carbocycles. The van der Waals surface area contributed by atoms with Crippen molar-refractivity contribution >= 4 is 66.9 Å². The van der Waals surface area contributed by atoms with E-state index in [4.69, 9.17) is 26.1 Å². The van der Waals surface area contributed by atoms with Crippen molar-refractivity contribution in [3.8, 4) is 23.2 Å². The lowest BCUT2D eigenvalue weighted by atomic mass is 9.95. The summed E-state index contributed by atoms with van der Waals surface area (Å²) < 4.78 is 44.2. The van der Waals surface area contributed by atoms with Crippen LogP contribution in [0.25, 0.3) is 32.1 Å². The van der Waals surface area contributed by atoms with E-state index in [1.54, 1.807) is 45.0 Å². The van der Waals surface area contributed by atoms with E-state index in [1.807, 2.05) is 4.90 Å². The zero-order chi connectivity index (χ0) is 37.4. The number of ether oxygens (including phenoxy) is 2. The number of hydrogen-bond acceptors (Lipinski definition) is 10. The van der Waals surface area contributed by atoms with Gasteiger partial charge in [-0.15, -0.1) is 11.3 Å². The van der Waals surface area contributed by atoms with Crippen LogP contribution in [0.2, 0.25) is 5.02 Å². The van der Waals surface area contributed by atoms with Crippen LogP contribution in [0.1, 0.15) is 58.4 Å². The van der Waals surface area contributed by atoms with Gasteiger partial charge >= 0.3 is 18.2 Å². The number of carboxylic acid groups (broad SMARTS) is 1. The van der Waals surface area contributed by atoms with Crippen molar-refractivity contribution in [2.24, 2.45) is 0 Å². The fourth-order valence-corrected chi connectivity index (χ4v) is 10.1. The molecule has 278 valence electrons. The highest BCUT2D eigenvalue weighted by atomic mass is 35.5. The zero-order valence-electron chi connectivity index (χ0n) is 29.4. The molecule has 2 aromatic carbocycles. The van der Waals surface area contributed by atoms with Gasteiger partial charge < -0.3 is 19.5 Å². The SMILES string of the molecule is CC(C)(C)OC(=O)Nc1sc2cccc(-c3c(Cl)cc4c(N5C[C@H]6CC[C@@H](C5)N6C(=O)O)nc(OC[C@@]56CCCN5C[C@H](F)C6)nc4c3F)c2c1C#N. The summed E-state index contributed by atoms with van der Waals surface area (Å²) >= 11 is 8.12. The number of hydrogen-bond donors (Lipinski definition) is 2. The fraction of sp³-hybridized carbons (Fsp3) is 0.486. The molecule has 12 nitrogen and oxygen atoms in total. The summed E-state index contributed by atoms with van der Waals surface area (Å²) in [6.07, 6.45) is 0.731. The molecule has 4 fully saturated rings. The molecule has 4 aromatic rings. The highest BCUT2D eigenvalue weighted by Gasteiger charge is 2.49. The van der Waals surface area contributed by atoms with Crippen LogP contribution in [-0.4, -0.2) is 99.2 Å². The van der Waals surface area contributed by atoms with Crippen molar-refractivity contribution in [1.82, 2.24) is 19.8 Å². The van der Waals surface area contributed by atoms with Crippen LogP contribution in [0.4, 0.5) is 29.2 Å². The number of fused-ring (bicyclic) bond motifs is 5. The minimum atomic E-state index is -0.973. The monoisotopic (exact) mass is 765 g/mol. The van der Waals surface area contributed by atoms with Crippen LogP contribution in [0.15, 0.2) is 24.3 Å². The molecule has 2 bridgehead atoms. The second-order valence-corrected chi connectivity index (χ2v) is 16.8. The number of amides is 2. The summed E-state index contributed by atoms with van der Waals surface area (Å²) in [5, 5.41) is 23.9. The van der Waals surface area contributed by atoms with E-state index in [0.29, 0.717) is 65.8 Å². The number of thiophene rings is 1. The summed E-state index contributed by atoms with van der Waals surface area (Å²) in [6.45, 7) is 7.11. The Hall–Kier alpha value is -4.52. The summed E-state index contributed by atoms with van der Waals surface area (Å²) in [5.74, 6) is -0.395. The molecule has 4 saturated heterocycles. The van der Waals surface area contributed by atoms with Gasteiger partial charge in [-0.05, 0) is 70.7 Å². The standard InChI is InChI=1S/C37H38ClF2N7O5S/c1-36(2,3)52-34(48)44-32-24(14-41)27-22(6-4-7-26(27)53-32)28-25(38)12-23-30(29(28)40)42-33(51-18-37-10-5-11-46(37)15-19(39)13-37)43-31(23)45-16-20-8-9-21(17-45)47(20)35(49)50/h4,6-7,12,19-21H,5,8-11,13,15-18H2,1-3H3,(H,44,48)(H,49,50)/t19-,20-,21+,37+/m1/s1. The molecule has 16 heteroatoms. The molecule has 0 radical (unpaired) electrons. The number of halogens is 3. The first-order chi connectivity index (χ1) is 25.2. The van der Waals surface area contributed by atoms with Crippen molar-refractivity contribution < 1.29 is 33.0 Å². The van der Waals surface area contributed by atoms with Crippen LogP contribution < -0.4 is 15.0 Å². The molecule has 4 atom stereocenters. The molecule has 8 rings (SSSR count). The van der Waals surface area contributed by atoms with Crippen molar-refractivity contribution in [1.29, 1.82) is 5.26 Å². The molecule has 0 unspecified atom stereocenters. The van der Waals surface area contributed by atoms with Gasteiger partial charge in [0.2, 0.25) is 0 Å². The molecule has 2 N–H and O–H groups in total. The first kappa shape index (κ1) is 35.5. The molecular weight excluding hydrogens is 728 g/mol. The Bertz CT molecular complexity index is 2190. The quantitative estimate of drug-likeness (QED) is 0.200. The Balaban J connectivity index is 1.24. The van der Waals surface area contributed by atoms with Crippen LogP contribution in [0.3, 0.4) is 0 Å². The molecule has 6 heterocycles. The molecule has 0 aliphatic carbocycles. The molecule has 0 spiro atoms. The van der Waals surface area contributed by atoms with Crippen LogP contribution in [0.5, 0.6) is 6.01 Å². The van der Waals surface area contributed by atoms with Gasteiger partial charge in [0.05, 0.1) is 28.2 Å². The lowest BCUT2D eigenvalue weighted by Gasteiger charge is -2.40. The van der Waals surface area contributed by atoms with Gasteiger partial charge in [-0.25, -0.2) is 18.4 Å². The van der Waals surface area contributed by atoms with Gasteiger partial charge in [-0.3, -0.25) is 15.1 Å². The zero-order valence-corrected chi connectivity index (χ0v) is 31.0. The van der Waals surface area contributed by atoms with Crippen molar-refractivity contribution in [2.45, 2.75) is 82.3 Å². The average Bonchev–Trinajstić information content (AvgIpc) is 3.80. The van der Waals surface area contributed by atoms with Gasteiger partial charge in [-0.1, -0.05) is 23.7 Å². The van der Waals surface area contributed by atoms with Gasteiger partial charge in [0.1, 0.15) is 40.8 Å². The Morgan fingerprint density at radius 1 is 1.21 bits per heavy atom. The topological polar surface area (TPSA) is 144 Å². The minimum absolute atomic E-state index is 0.00544. The number of anilines is 2. The molecule has 2 amide bonds. The summed E-state index contributed by atoms with van der Waals surface area (Å²) in [6, 6.07) is 8.30. The number of carbonyl (C=O) groups is 2. The van der Waals surface area contributed by atoms with E-state index in [2.05, 4.69) is 21.3 Å². The third-order valence-corrected chi connectivity index (χ3v) is 12.2. The summed E-state index contributed by atoms with van der Waals surface area (Å²) in [4.78, 5) is 39.7. The largest absolute Gasteiger partial charge is 0.465 e. The lowest BCUT2D eigenvalue weighted by molar-refractivity contribution is 0.0636. The number of carbonyl (C=O) groups excluding carboxylic acids is 1. The average molecular weight is 766 g/mol. The highest BCUT2D eigenvalue weighted by Crippen LogP contribution is 2.47. The number of benzene rings is 2. The van der Waals surface area contributed by atoms with Crippen molar-refractivity contribution in [3.05, 3.63) is 40.7 Å². The van der Waals surface area contributed by atoms with Crippen molar-refractivity contribution in [2.75, 3.05) is 43.0 Å². The first-order valence-corrected chi connectivity index (χ1v) is 18.9. The lowest BCUT2D eigenvalue weighted by Crippen LogP contribution is -2.55. The minimum Gasteiger partial charge on any atom is -0.465 e. The van der Waals surface area contributed by atoms with Gasteiger partial charge in [0, 0.05) is 47.1 Å². The normalized spacial score (nSPS) is 24.1. The number of nitrogens with one attached hydrogen (secondary N) is 1. The van der Waals surface area contributed by atoms with E-state index in [9.17, 15) is 24.3 Å². The second-order valence-electron chi connectivity index (χ2n) is 15.3. The Labute approximate surface area is 313 Å². The maximum absolute atomic E-state index is 17.3. The first-order valence-electron chi connectivity index (χ1n) is 17.7. The smallest absolute Gasteiger partial charge is 0.412 e. The summed E-state index contributed by atoms with van der Waals surface area (Å²) in [7, 11) is 0. The number of nitrogens with zero attached hydrogens (tertiary/aromatic N) is 6. The Morgan fingerprint density at radius 3 is 2.66 bits per heavy atom.